The zero-order chi connectivity index (χ0) is 16.4. The fourth-order valence-corrected chi connectivity index (χ4v) is 2.80. The minimum atomic E-state index is -0.158. The SMILES string of the molecule is Cc1nc(-c2ccccc2NC(=O)c2ccc(Br)cc2C)n[nH]1. The lowest BCUT2D eigenvalue weighted by atomic mass is 10.1. The first kappa shape index (κ1) is 15.4. The highest BCUT2D eigenvalue weighted by Crippen LogP contribution is 2.26. The van der Waals surface area contributed by atoms with Crippen LogP contribution in [-0.2, 0) is 0 Å². The molecule has 6 heteroatoms. The summed E-state index contributed by atoms with van der Waals surface area (Å²) < 4.78 is 0.947. The highest BCUT2D eigenvalue weighted by molar-refractivity contribution is 9.10. The Kier molecular flexibility index (Phi) is 4.25. The van der Waals surface area contributed by atoms with Crippen molar-refractivity contribution in [1.82, 2.24) is 15.2 Å². The molecule has 2 aromatic carbocycles. The molecule has 0 atom stereocenters. The van der Waals surface area contributed by atoms with E-state index in [-0.39, 0.29) is 5.91 Å². The molecule has 0 aliphatic heterocycles. The topological polar surface area (TPSA) is 70.7 Å². The van der Waals surface area contributed by atoms with Crippen molar-refractivity contribution in [2.75, 3.05) is 5.32 Å². The number of hydrogen-bond donors (Lipinski definition) is 2. The number of carbonyl (C=O) groups is 1. The van der Waals surface area contributed by atoms with Gasteiger partial charge in [0, 0.05) is 15.6 Å². The lowest BCUT2D eigenvalue weighted by molar-refractivity contribution is 0.102. The summed E-state index contributed by atoms with van der Waals surface area (Å²) in [7, 11) is 0. The number of aromatic amines is 1. The van der Waals surface area contributed by atoms with Crippen molar-refractivity contribution in [1.29, 1.82) is 0 Å². The first-order valence-corrected chi connectivity index (χ1v) is 7.90. The number of para-hydroxylation sites is 1. The predicted octanol–water partition coefficient (Wildman–Crippen LogP) is 4.10. The number of nitrogens with zero attached hydrogens (tertiary/aromatic N) is 2. The van der Waals surface area contributed by atoms with Crippen LogP contribution < -0.4 is 5.32 Å². The van der Waals surface area contributed by atoms with Crippen LogP contribution in [0.15, 0.2) is 46.9 Å². The molecule has 0 aliphatic carbocycles. The van der Waals surface area contributed by atoms with Crippen molar-refractivity contribution in [3.63, 3.8) is 0 Å². The average Bonchev–Trinajstić information content (AvgIpc) is 2.94. The van der Waals surface area contributed by atoms with Gasteiger partial charge in [0.05, 0.1) is 5.69 Å². The van der Waals surface area contributed by atoms with Crippen LogP contribution in [-0.4, -0.2) is 21.1 Å². The van der Waals surface area contributed by atoms with E-state index in [1.165, 1.54) is 0 Å². The number of nitrogens with one attached hydrogen (secondary N) is 2. The van der Waals surface area contributed by atoms with Crippen molar-refractivity contribution in [2.45, 2.75) is 13.8 Å². The quantitative estimate of drug-likeness (QED) is 0.728. The first-order chi connectivity index (χ1) is 11.0. The van der Waals surface area contributed by atoms with Crippen LogP contribution in [0.1, 0.15) is 21.7 Å². The highest BCUT2D eigenvalue weighted by Gasteiger charge is 2.14. The van der Waals surface area contributed by atoms with Crippen LogP contribution in [0.4, 0.5) is 5.69 Å². The molecule has 5 nitrogen and oxygen atoms in total. The van der Waals surface area contributed by atoms with Crippen molar-refractivity contribution in [3.05, 3.63) is 63.9 Å². The molecule has 1 aromatic heterocycles. The van der Waals surface area contributed by atoms with Crippen LogP contribution in [0.25, 0.3) is 11.4 Å². The van der Waals surface area contributed by atoms with Gasteiger partial charge in [-0.15, -0.1) is 0 Å². The number of carbonyl (C=O) groups excluding carboxylic acids is 1. The van der Waals surface area contributed by atoms with Gasteiger partial charge in [-0.3, -0.25) is 9.89 Å². The molecular formula is C17H15BrN4O. The van der Waals surface area contributed by atoms with Gasteiger partial charge in [0.1, 0.15) is 5.82 Å². The zero-order valence-corrected chi connectivity index (χ0v) is 14.3. The van der Waals surface area contributed by atoms with Gasteiger partial charge < -0.3 is 5.32 Å². The third-order valence-electron chi connectivity index (χ3n) is 3.45. The lowest BCUT2D eigenvalue weighted by Gasteiger charge is -2.10. The van der Waals surface area contributed by atoms with Gasteiger partial charge in [0.2, 0.25) is 0 Å². The molecular weight excluding hydrogens is 356 g/mol. The summed E-state index contributed by atoms with van der Waals surface area (Å²) in [5, 5.41) is 9.92. The Labute approximate surface area is 142 Å². The van der Waals surface area contributed by atoms with Gasteiger partial charge in [-0.2, -0.15) is 5.10 Å². The maximum Gasteiger partial charge on any atom is 0.255 e. The molecule has 0 aliphatic rings. The molecule has 0 saturated carbocycles. The second kappa shape index (κ2) is 6.34. The second-order valence-corrected chi connectivity index (χ2v) is 6.12. The van der Waals surface area contributed by atoms with E-state index >= 15 is 0 Å². The van der Waals surface area contributed by atoms with Crippen molar-refractivity contribution in [2.24, 2.45) is 0 Å². The molecule has 1 amide bonds. The van der Waals surface area contributed by atoms with Gasteiger partial charge in [-0.25, -0.2) is 4.98 Å². The summed E-state index contributed by atoms with van der Waals surface area (Å²) >= 11 is 3.41. The number of rotatable bonds is 3. The molecule has 2 N–H and O–H groups in total. The molecule has 0 bridgehead atoms. The van der Waals surface area contributed by atoms with Crippen LogP contribution in [0.2, 0.25) is 0 Å². The van der Waals surface area contributed by atoms with E-state index in [9.17, 15) is 4.79 Å². The third-order valence-corrected chi connectivity index (χ3v) is 3.94. The molecule has 0 spiro atoms. The maximum absolute atomic E-state index is 12.6. The van der Waals surface area contributed by atoms with Crippen LogP contribution >= 0.6 is 15.9 Å². The molecule has 1 heterocycles. The van der Waals surface area contributed by atoms with Crippen molar-refractivity contribution in [3.8, 4) is 11.4 Å². The van der Waals surface area contributed by atoms with Crippen LogP contribution in [0.5, 0.6) is 0 Å². The number of halogens is 1. The Morgan fingerprint density at radius 2 is 1.96 bits per heavy atom. The number of amides is 1. The fraction of sp³-hybridized carbons (Fsp3) is 0.118. The van der Waals surface area contributed by atoms with Gasteiger partial charge in [-0.05, 0) is 49.7 Å². The molecule has 3 aromatic rings. The predicted molar refractivity (Wildman–Crippen MR) is 93.4 cm³/mol. The zero-order valence-electron chi connectivity index (χ0n) is 12.7. The monoisotopic (exact) mass is 370 g/mol. The Balaban J connectivity index is 1.93. The minimum absolute atomic E-state index is 0.158. The molecule has 0 fully saturated rings. The van der Waals surface area contributed by atoms with Crippen molar-refractivity contribution < 1.29 is 4.79 Å². The first-order valence-electron chi connectivity index (χ1n) is 7.10. The lowest BCUT2D eigenvalue weighted by Crippen LogP contribution is -2.14. The second-order valence-electron chi connectivity index (χ2n) is 5.20. The summed E-state index contributed by atoms with van der Waals surface area (Å²) in [6.07, 6.45) is 0. The van der Waals surface area contributed by atoms with E-state index in [0.717, 1.165) is 21.4 Å². The third kappa shape index (κ3) is 3.32. The Bertz CT molecular complexity index is 873. The van der Waals surface area contributed by atoms with Gasteiger partial charge in [0.15, 0.2) is 5.82 Å². The highest BCUT2D eigenvalue weighted by atomic mass is 79.9. The maximum atomic E-state index is 12.6. The van der Waals surface area contributed by atoms with Gasteiger partial charge in [-0.1, -0.05) is 28.1 Å². The standard InChI is InChI=1S/C17H15BrN4O/c1-10-9-12(18)7-8-13(10)17(23)20-15-6-4-3-5-14(15)16-19-11(2)21-22-16/h3-9H,1-2H3,(H,20,23)(H,19,21,22). The minimum Gasteiger partial charge on any atom is -0.321 e. The molecule has 0 unspecified atom stereocenters. The molecule has 23 heavy (non-hydrogen) atoms. The van der Waals surface area contributed by atoms with E-state index in [2.05, 4.69) is 36.4 Å². The number of benzene rings is 2. The van der Waals surface area contributed by atoms with E-state index in [1.54, 1.807) is 6.07 Å². The van der Waals surface area contributed by atoms with Crippen molar-refractivity contribution >= 4 is 27.5 Å². The number of aryl methyl sites for hydroxylation is 2. The van der Waals surface area contributed by atoms with E-state index in [0.29, 0.717) is 17.1 Å². The largest absolute Gasteiger partial charge is 0.321 e. The smallest absolute Gasteiger partial charge is 0.255 e. The molecule has 0 saturated heterocycles. The molecule has 3 rings (SSSR count). The summed E-state index contributed by atoms with van der Waals surface area (Å²) in [4.78, 5) is 16.9. The Morgan fingerprint density at radius 1 is 1.17 bits per heavy atom. The number of H-pyrrole nitrogens is 1. The fourth-order valence-electron chi connectivity index (χ4n) is 2.32. The summed E-state index contributed by atoms with van der Waals surface area (Å²) in [5.41, 5.74) is 3.00. The van der Waals surface area contributed by atoms with E-state index < -0.39 is 0 Å². The van der Waals surface area contributed by atoms with Crippen LogP contribution in [0.3, 0.4) is 0 Å². The summed E-state index contributed by atoms with van der Waals surface area (Å²) in [5.74, 6) is 1.13. The Morgan fingerprint density at radius 3 is 2.65 bits per heavy atom. The number of aromatic nitrogens is 3. The number of anilines is 1. The van der Waals surface area contributed by atoms with E-state index in [4.69, 9.17) is 0 Å². The average molecular weight is 371 g/mol. The summed E-state index contributed by atoms with van der Waals surface area (Å²) in [6.45, 7) is 3.74. The molecule has 0 radical (unpaired) electrons. The number of hydrogen-bond acceptors (Lipinski definition) is 3. The normalized spacial score (nSPS) is 10.6. The van der Waals surface area contributed by atoms with Gasteiger partial charge in [0.25, 0.3) is 5.91 Å². The van der Waals surface area contributed by atoms with Crippen LogP contribution in [0, 0.1) is 13.8 Å². The Hall–Kier alpha value is -2.47. The summed E-state index contributed by atoms with van der Waals surface area (Å²) in [6, 6.07) is 13.1. The van der Waals surface area contributed by atoms with Gasteiger partial charge >= 0.3 is 0 Å². The molecule has 116 valence electrons. The van der Waals surface area contributed by atoms with E-state index in [1.807, 2.05) is 50.2 Å².